The average Bonchev–Trinajstić information content (AvgIpc) is 2.84. The van der Waals surface area contributed by atoms with Crippen LogP contribution in [0.3, 0.4) is 0 Å². The fourth-order valence-corrected chi connectivity index (χ4v) is 5.34. The molecule has 0 aromatic carbocycles. The second-order valence-corrected chi connectivity index (χ2v) is 7.94. The van der Waals surface area contributed by atoms with Crippen molar-refractivity contribution >= 4 is 27.3 Å². The van der Waals surface area contributed by atoms with Crippen LogP contribution >= 0.6 is 11.3 Å². The summed E-state index contributed by atoms with van der Waals surface area (Å²) in [6.07, 6.45) is 1.55. The van der Waals surface area contributed by atoms with Gasteiger partial charge in [0.25, 0.3) is 0 Å². The molecule has 5 nitrogen and oxygen atoms in total. The zero-order valence-electron chi connectivity index (χ0n) is 11.4. The Bertz CT molecular complexity index is 579. The summed E-state index contributed by atoms with van der Waals surface area (Å²) in [6.45, 7) is 2.48. The largest absolute Gasteiger partial charge is 0.481 e. The lowest BCUT2D eigenvalue weighted by Crippen LogP contribution is -2.40. The van der Waals surface area contributed by atoms with Crippen LogP contribution in [0.5, 0.6) is 0 Å². The summed E-state index contributed by atoms with van der Waals surface area (Å²) in [7, 11) is -3.39. The molecule has 0 aliphatic carbocycles. The molecule has 0 radical (unpaired) electrons. The maximum absolute atomic E-state index is 12.4. The molecular formula is C13H19NO4S2. The Morgan fingerprint density at radius 2 is 2.30 bits per heavy atom. The van der Waals surface area contributed by atoms with Crippen molar-refractivity contribution in [3.8, 4) is 0 Å². The lowest BCUT2D eigenvalue weighted by atomic mass is 10.0. The summed E-state index contributed by atoms with van der Waals surface area (Å²) in [5.41, 5.74) is 1.12. The number of rotatable bonds is 6. The van der Waals surface area contributed by atoms with Crippen LogP contribution in [-0.4, -0.2) is 36.1 Å². The molecule has 0 saturated carbocycles. The van der Waals surface area contributed by atoms with Crippen LogP contribution in [0.4, 0.5) is 0 Å². The molecule has 1 aliphatic heterocycles. The second kappa shape index (κ2) is 6.24. The SMILES string of the molecule is CCC1c2ccsc2CCN1S(=O)(=O)CCCC(=O)O. The Balaban J connectivity index is 2.13. The van der Waals surface area contributed by atoms with Gasteiger partial charge in [0.05, 0.1) is 11.8 Å². The monoisotopic (exact) mass is 317 g/mol. The Morgan fingerprint density at radius 3 is 2.95 bits per heavy atom. The lowest BCUT2D eigenvalue weighted by molar-refractivity contribution is -0.137. The van der Waals surface area contributed by atoms with Crippen molar-refractivity contribution in [3.63, 3.8) is 0 Å². The van der Waals surface area contributed by atoms with Gasteiger partial charge in [-0.3, -0.25) is 4.79 Å². The highest BCUT2D eigenvalue weighted by molar-refractivity contribution is 7.89. The van der Waals surface area contributed by atoms with Crippen LogP contribution in [0.2, 0.25) is 0 Å². The second-order valence-electron chi connectivity index (χ2n) is 4.90. The molecule has 2 heterocycles. The van der Waals surface area contributed by atoms with Crippen molar-refractivity contribution in [3.05, 3.63) is 21.9 Å². The van der Waals surface area contributed by atoms with Gasteiger partial charge in [-0.25, -0.2) is 8.42 Å². The number of carboxylic acids is 1. The standard InChI is InChI=1S/C13H19NO4S2/c1-2-11-10-6-8-19-12(10)5-7-14(11)20(17,18)9-3-4-13(15)16/h6,8,11H,2-5,7,9H2,1H3,(H,15,16). The number of aliphatic carboxylic acids is 1. The smallest absolute Gasteiger partial charge is 0.303 e. The normalized spacial score (nSPS) is 19.8. The molecule has 0 fully saturated rings. The van der Waals surface area contributed by atoms with E-state index in [0.29, 0.717) is 6.54 Å². The van der Waals surface area contributed by atoms with Crippen molar-refractivity contribution in [2.24, 2.45) is 0 Å². The molecule has 0 spiro atoms. The zero-order chi connectivity index (χ0) is 14.8. The van der Waals surface area contributed by atoms with Gasteiger partial charge >= 0.3 is 5.97 Å². The van der Waals surface area contributed by atoms with E-state index in [-0.39, 0.29) is 24.6 Å². The topological polar surface area (TPSA) is 74.7 Å². The molecule has 1 aromatic rings. The van der Waals surface area contributed by atoms with E-state index in [1.165, 1.54) is 4.88 Å². The number of fused-ring (bicyclic) bond motifs is 1. The Kier molecular flexibility index (Phi) is 4.82. The first-order valence-corrected chi connectivity index (χ1v) is 9.22. The fraction of sp³-hybridized carbons (Fsp3) is 0.615. The van der Waals surface area contributed by atoms with Gasteiger partial charge in [0, 0.05) is 17.8 Å². The quantitative estimate of drug-likeness (QED) is 0.873. The first kappa shape index (κ1) is 15.5. The van der Waals surface area contributed by atoms with Crippen molar-refractivity contribution in [2.75, 3.05) is 12.3 Å². The van der Waals surface area contributed by atoms with Gasteiger partial charge < -0.3 is 5.11 Å². The molecular weight excluding hydrogens is 298 g/mol. The number of thiophene rings is 1. The van der Waals surface area contributed by atoms with Crippen molar-refractivity contribution in [2.45, 2.75) is 38.6 Å². The van der Waals surface area contributed by atoms with Gasteiger partial charge in [0.1, 0.15) is 0 Å². The summed E-state index contributed by atoms with van der Waals surface area (Å²) < 4.78 is 26.4. The number of hydrogen-bond donors (Lipinski definition) is 1. The minimum atomic E-state index is -3.39. The highest BCUT2D eigenvalue weighted by Gasteiger charge is 2.34. The highest BCUT2D eigenvalue weighted by Crippen LogP contribution is 2.36. The molecule has 0 amide bonds. The Labute approximate surface area is 123 Å². The van der Waals surface area contributed by atoms with E-state index in [1.807, 2.05) is 18.4 Å². The number of hydrogen-bond acceptors (Lipinski definition) is 4. The van der Waals surface area contributed by atoms with Crippen molar-refractivity contribution in [1.82, 2.24) is 4.31 Å². The predicted molar refractivity (Wildman–Crippen MR) is 78.4 cm³/mol. The summed E-state index contributed by atoms with van der Waals surface area (Å²) in [6, 6.07) is 1.91. The predicted octanol–water partition coefficient (Wildman–Crippen LogP) is 2.25. The maximum atomic E-state index is 12.4. The van der Waals surface area contributed by atoms with Gasteiger partial charge in [0.15, 0.2) is 0 Å². The zero-order valence-corrected chi connectivity index (χ0v) is 13.0. The van der Waals surface area contributed by atoms with Gasteiger partial charge in [-0.2, -0.15) is 4.31 Å². The summed E-state index contributed by atoms with van der Waals surface area (Å²) in [5, 5.41) is 10.6. The maximum Gasteiger partial charge on any atom is 0.303 e. The van der Waals surface area contributed by atoms with Crippen molar-refractivity contribution < 1.29 is 18.3 Å². The van der Waals surface area contributed by atoms with E-state index < -0.39 is 16.0 Å². The van der Waals surface area contributed by atoms with Crippen LogP contribution in [0.15, 0.2) is 11.4 Å². The van der Waals surface area contributed by atoms with Gasteiger partial charge in [-0.1, -0.05) is 6.92 Å². The van der Waals surface area contributed by atoms with E-state index >= 15 is 0 Å². The van der Waals surface area contributed by atoms with Crippen LogP contribution < -0.4 is 0 Å². The van der Waals surface area contributed by atoms with E-state index in [1.54, 1.807) is 15.6 Å². The van der Waals surface area contributed by atoms with Gasteiger partial charge in [-0.05, 0) is 36.3 Å². The highest BCUT2D eigenvalue weighted by atomic mass is 32.2. The molecule has 0 bridgehead atoms. The van der Waals surface area contributed by atoms with Gasteiger partial charge in [-0.15, -0.1) is 11.3 Å². The number of carbonyl (C=O) groups is 1. The summed E-state index contributed by atoms with van der Waals surface area (Å²) in [5.74, 6) is -1.04. The summed E-state index contributed by atoms with van der Waals surface area (Å²) in [4.78, 5) is 11.8. The van der Waals surface area contributed by atoms with Crippen LogP contribution in [0.1, 0.15) is 42.7 Å². The molecule has 2 rings (SSSR count). The van der Waals surface area contributed by atoms with Crippen molar-refractivity contribution in [1.29, 1.82) is 0 Å². The van der Waals surface area contributed by atoms with Crippen LogP contribution in [0, 0.1) is 0 Å². The van der Waals surface area contributed by atoms with E-state index in [2.05, 4.69) is 0 Å². The number of sulfonamides is 1. The molecule has 1 N–H and O–H groups in total. The van der Waals surface area contributed by atoms with Gasteiger partial charge in [0.2, 0.25) is 10.0 Å². The molecule has 7 heteroatoms. The lowest BCUT2D eigenvalue weighted by Gasteiger charge is -2.34. The minimum absolute atomic E-state index is 0.0880. The first-order valence-electron chi connectivity index (χ1n) is 6.73. The molecule has 1 aromatic heterocycles. The van der Waals surface area contributed by atoms with E-state index in [0.717, 1.165) is 18.4 Å². The first-order chi connectivity index (χ1) is 9.45. The molecule has 0 saturated heterocycles. The Morgan fingerprint density at radius 1 is 1.55 bits per heavy atom. The average molecular weight is 317 g/mol. The third-order valence-corrected chi connectivity index (χ3v) is 6.54. The van der Waals surface area contributed by atoms with E-state index in [9.17, 15) is 13.2 Å². The fourth-order valence-electron chi connectivity index (χ4n) is 2.65. The molecule has 1 aliphatic rings. The third kappa shape index (κ3) is 3.21. The summed E-state index contributed by atoms with van der Waals surface area (Å²) >= 11 is 1.68. The van der Waals surface area contributed by atoms with Crippen LogP contribution in [0.25, 0.3) is 0 Å². The molecule has 20 heavy (non-hydrogen) atoms. The number of carboxylic acid groups (broad SMARTS) is 1. The Hall–Kier alpha value is -0.920. The third-order valence-electron chi connectivity index (χ3n) is 3.58. The molecule has 1 atom stereocenters. The minimum Gasteiger partial charge on any atom is -0.481 e. The van der Waals surface area contributed by atoms with E-state index in [4.69, 9.17) is 5.11 Å². The van der Waals surface area contributed by atoms with Crippen LogP contribution in [-0.2, 0) is 21.2 Å². The molecule has 1 unspecified atom stereocenters. The number of nitrogens with zero attached hydrogens (tertiary/aromatic N) is 1. The molecule has 112 valence electrons.